The van der Waals surface area contributed by atoms with Crippen molar-refractivity contribution in [1.29, 1.82) is 0 Å². The second kappa shape index (κ2) is 7.33. The van der Waals surface area contributed by atoms with E-state index in [4.69, 9.17) is 0 Å². The molecule has 4 rings (SSSR count). The van der Waals surface area contributed by atoms with E-state index in [0.29, 0.717) is 22.4 Å². The first-order valence-corrected chi connectivity index (χ1v) is 9.82. The standard InChI is InChI=1S/C22H23F2N5O2/c1-22(2,3)16(9-17(30)31)26-19-12-5-6-29(4)21(12)28-20(27-19)14-10-25-18-13(14)7-11(23)8-15(18)24/h5-8,10,16,25H,9H2,1-4H3,(H,30,31)(H,26,27,28)/t16-/m0/s1. The molecule has 0 aliphatic rings. The van der Waals surface area contributed by atoms with Crippen molar-refractivity contribution in [2.75, 3.05) is 5.32 Å². The smallest absolute Gasteiger partial charge is 0.305 e. The van der Waals surface area contributed by atoms with E-state index < -0.39 is 23.6 Å². The summed E-state index contributed by atoms with van der Waals surface area (Å²) in [6, 6.07) is 3.49. The lowest BCUT2D eigenvalue weighted by molar-refractivity contribution is -0.137. The molecule has 0 unspecified atom stereocenters. The minimum absolute atomic E-state index is 0.0966. The molecule has 162 valence electrons. The van der Waals surface area contributed by atoms with E-state index in [1.54, 1.807) is 6.20 Å². The van der Waals surface area contributed by atoms with E-state index >= 15 is 0 Å². The predicted molar refractivity (Wildman–Crippen MR) is 115 cm³/mol. The molecule has 4 aromatic rings. The van der Waals surface area contributed by atoms with Crippen LogP contribution >= 0.6 is 0 Å². The number of anilines is 1. The number of aromatic nitrogens is 4. The molecule has 0 spiro atoms. The Labute approximate surface area is 177 Å². The lowest BCUT2D eigenvalue weighted by atomic mass is 9.84. The number of fused-ring (bicyclic) bond motifs is 2. The van der Waals surface area contributed by atoms with E-state index in [0.717, 1.165) is 11.5 Å². The van der Waals surface area contributed by atoms with Crippen molar-refractivity contribution >= 4 is 33.7 Å². The molecule has 7 nitrogen and oxygen atoms in total. The number of H-pyrrole nitrogens is 1. The van der Waals surface area contributed by atoms with Crippen LogP contribution in [-0.2, 0) is 11.8 Å². The molecular formula is C22H23F2N5O2. The van der Waals surface area contributed by atoms with Crippen molar-refractivity contribution in [3.05, 3.63) is 42.2 Å². The molecule has 9 heteroatoms. The van der Waals surface area contributed by atoms with Gasteiger partial charge in [0.1, 0.15) is 23.1 Å². The number of carbonyl (C=O) groups is 1. The normalized spacial score (nSPS) is 13.1. The van der Waals surface area contributed by atoms with Crippen LogP contribution in [0.15, 0.2) is 30.6 Å². The zero-order valence-electron chi connectivity index (χ0n) is 17.6. The van der Waals surface area contributed by atoms with Crippen LogP contribution in [0.1, 0.15) is 27.2 Å². The van der Waals surface area contributed by atoms with Crippen LogP contribution in [0.2, 0.25) is 0 Å². The SMILES string of the molecule is Cn1ccc2c(N[C@@H](CC(=O)O)C(C)(C)C)nc(-c3c[nH]c4c(F)cc(F)cc34)nc21. The Hall–Kier alpha value is -3.49. The number of aryl methyl sites for hydroxylation is 1. The second-order valence-corrected chi connectivity index (χ2v) is 8.73. The van der Waals surface area contributed by atoms with Gasteiger partial charge in [0.2, 0.25) is 0 Å². The number of halogens is 2. The Bertz CT molecular complexity index is 1300. The average Bonchev–Trinajstić information content (AvgIpc) is 3.24. The second-order valence-electron chi connectivity index (χ2n) is 8.73. The van der Waals surface area contributed by atoms with E-state index in [1.165, 1.54) is 6.07 Å². The zero-order valence-corrected chi connectivity index (χ0v) is 17.6. The highest BCUT2D eigenvalue weighted by atomic mass is 19.1. The first kappa shape index (κ1) is 20.8. The summed E-state index contributed by atoms with van der Waals surface area (Å²) in [7, 11) is 1.83. The monoisotopic (exact) mass is 427 g/mol. The molecule has 0 saturated heterocycles. The molecule has 1 atom stereocenters. The molecule has 0 fully saturated rings. The van der Waals surface area contributed by atoms with Crippen molar-refractivity contribution in [1.82, 2.24) is 19.5 Å². The maximum atomic E-state index is 14.2. The lowest BCUT2D eigenvalue weighted by Crippen LogP contribution is -2.36. The average molecular weight is 427 g/mol. The summed E-state index contributed by atoms with van der Waals surface area (Å²) < 4.78 is 29.8. The number of carboxylic acids is 1. The summed E-state index contributed by atoms with van der Waals surface area (Å²) in [5.74, 6) is -1.58. The van der Waals surface area contributed by atoms with Crippen molar-refractivity contribution < 1.29 is 18.7 Å². The molecule has 0 saturated carbocycles. The van der Waals surface area contributed by atoms with Gasteiger partial charge in [0.25, 0.3) is 0 Å². The Balaban J connectivity index is 1.90. The fraction of sp³-hybridized carbons (Fsp3) is 0.318. The van der Waals surface area contributed by atoms with E-state index in [1.807, 2.05) is 44.6 Å². The van der Waals surface area contributed by atoms with E-state index in [9.17, 15) is 18.7 Å². The summed E-state index contributed by atoms with van der Waals surface area (Å²) in [5, 5.41) is 13.7. The van der Waals surface area contributed by atoms with E-state index in [-0.39, 0.29) is 23.2 Å². The molecule has 0 amide bonds. The molecule has 0 aliphatic carbocycles. The fourth-order valence-corrected chi connectivity index (χ4v) is 3.62. The van der Waals surface area contributed by atoms with Gasteiger partial charge in [-0.15, -0.1) is 0 Å². The van der Waals surface area contributed by atoms with Crippen LogP contribution in [0, 0.1) is 17.0 Å². The minimum Gasteiger partial charge on any atom is -0.481 e. The zero-order chi connectivity index (χ0) is 22.5. The van der Waals surface area contributed by atoms with Gasteiger partial charge in [-0.05, 0) is 17.5 Å². The predicted octanol–water partition coefficient (Wildman–Crippen LogP) is 4.70. The number of nitrogens with zero attached hydrogens (tertiary/aromatic N) is 3. The number of aromatic amines is 1. The quantitative estimate of drug-likeness (QED) is 0.429. The highest BCUT2D eigenvalue weighted by molar-refractivity contribution is 5.96. The number of carboxylic acid groups (broad SMARTS) is 1. The molecular weight excluding hydrogens is 404 g/mol. The third-order valence-electron chi connectivity index (χ3n) is 5.41. The van der Waals surface area contributed by atoms with Gasteiger partial charge in [0.05, 0.1) is 17.3 Å². The van der Waals surface area contributed by atoms with Crippen LogP contribution in [0.3, 0.4) is 0 Å². The number of rotatable bonds is 5. The highest BCUT2D eigenvalue weighted by Crippen LogP contribution is 2.33. The first-order chi connectivity index (χ1) is 14.5. The van der Waals surface area contributed by atoms with Crippen LogP contribution < -0.4 is 5.32 Å². The molecule has 3 N–H and O–H groups in total. The maximum Gasteiger partial charge on any atom is 0.305 e. The maximum absolute atomic E-state index is 14.2. The summed E-state index contributed by atoms with van der Waals surface area (Å²) in [6.07, 6.45) is 3.27. The van der Waals surface area contributed by atoms with Gasteiger partial charge in [0, 0.05) is 42.5 Å². The van der Waals surface area contributed by atoms with Crippen molar-refractivity contribution in [3.8, 4) is 11.4 Å². The summed E-state index contributed by atoms with van der Waals surface area (Å²) >= 11 is 0. The lowest BCUT2D eigenvalue weighted by Gasteiger charge is -2.31. The third-order valence-corrected chi connectivity index (χ3v) is 5.41. The molecule has 31 heavy (non-hydrogen) atoms. The Morgan fingerprint density at radius 3 is 2.68 bits per heavy atom. The van der Waals surface area contributed by atoms with Crippen LogP contribution in [0.5, 0.6) is 0 Å². The number of hydrogen-bond donors (Lipinski definition) is 3. The van der Waals surface area contributed by atoms with Gasteiger partial charge in [0.15, 0.2) is 5.82 Å². The van der Waals surface area contributed by atoms with Gasteiger partial charge in [-0.3, -0.25) is 4.79 Å². The van der Waals surface area contributed by atoms with Crippen molar-refractivity contribution in [2.45, 2.75) is 33.2 Å². The molecule has 0 radical (unpaired) electrons. The highest BCUT2D eigenvalue weighted by Gasteiger charge is 2.28. The largest absolute Gasteiger partial charge is 0.481 e. The summed E-state index contributed by atoms with van der Waals surface area (Å²) in [5.41, 5.74) is 0.865. The number of hydrogen-bond acceptors (Lipinski definition) is 4. The minimum atomic E-state index is -0.923. The van der Waals surface area contributed by atoms with Gasteiger partial charge in [-0.2, -0.15) is 0 Å². The number of nitrogens with one attached hydrogen (secondary N) is 2. The Morgan fingerprint density at radius 1 is 1.26 bits per heavy atom. The molecule has 3 aromatic heterocycles. The van der Waals surface area contributed by atoms with Crippen LogP contribution in [-0.4, -0.2) is 36.6 Å². The van der Waals surface area contributed by atoms with Gasteiger partial charge in [-0.1, -0.05) is 20.8 Å². The topological polar surface area (TPSA) is 95.8 Å². The molecule has 1 aromatic carbocycles. The number of benzene rings is 1. The van der Waals surface area contributed by atoms with Crippen molar-refractivity contribution in [2.24, 2.45) is 12.5 Å². The molecule has 0 bridgehead atoms. The van der Waals surface area contributed by atoms with Gasteiger partial charge < -0.3 is 20.0 Å². The Kier molecular flexibility index (Phi) is 4.91. The Morgan fingerprint density at radius 2 is 2.00 bits per heavy atom. The fourth-order valence-electron chi connectivity index (χ4n) is 3.62. The van der Waals surface area contributed by atoms with E-state index in [2.05, 4.69) is 20.3 Å². The van der Waals surface area contributed by atoms with Gasteiger partial charge in [-0.25, -0.2) is 18.7 Å². The first-order valence-electron chi connectivity index (χ1n) is 9.82. The third kappa shape index (κ3) is 3.83. The van der Waals surface area contributed by atoms with Gasteiger partial charge >= 0.3 is 5.97 Å². The number of aliphatic carboxylic acids is 1. The summed E-state index contributed by atoms with van der Waals surface area (Å²) in [6.45, 7) is 5.84. The molecule has 3 heterocycles. The summed E-state index contributed by atoms with van der Waals surface area (Å²) in [4.78, 5) is 23.5. The van der Waals surface area contributed by atoms with Crippen molar-refractivity contribution in [3.63, 3.8) is 0 Å². The molecule has 0 aliphatic heterocycles. The van der Waals surface area contributed by atoms with Crippen LogP contribution in [0.25, 0.3) is 33.3 Å². The van der Waals surface area contributed by atoms with Crippen LogP contribution in [0.4, 0.5) is 14.6 Å².